The topological polar surface area (TPSA) is 108 Å². The molecule has 0 aromatic carbocycles. The Kier molecular flexibility index (Phi) is 9.69. The van der Waals surface area contributed by atoms with E-state index < -0.39 is 18.0 Å². The third-order valence-electron chi connectivity index (χ3n) is 2.75. The minimum atomic E-state index is -1.18. The van der Waals surface area contributed by atoms with Gasteiger partial charge in [-0.1, -0.05) is 0 Å². The lowest BCUT2D eigenvalue weighted by molar-refractivity contribution is -0.139. The van der Waals surface area contributed by atoms with Crippen LogP contribution in [0.5, 0.6) is 0 Å². The van der Waals surface area contributed by atoms with Gasteiger partial charge in [-0.2, -0.15) is 0 Å². The number of carboxylic acids is 1. The zero-order valence-electron chi connectivity index (χ0n) is 12.2. The van der Waals surface area contributed by atoms with Crippen LogP contribution in [0.3, 0.4) is 0 Å². The van der Waals surface area contributed by atoms with Crippen molar-refractivity contribution >= 4 is 12.0 Å². The van der Waals surface area contributed by atoms with Crippen molar-refractivity contribution in [2.24, 2.45) is 0 Å². The van der Waals surface area contributed by atoms with E-state index in [2.05, 4.69) is 5.32 Å². The maximum Gasteiger partial charge on any atom is 0.326 e. The SMILES string of the molecule is COCCN(C(=O)NC(CCO)C(=O)O)C(C)COC. The van der Waals surface area contributed by atoms with E-state index in [-0.39, 0.29) is 19.1 Å². The fraction of sp³-hybridized carbons (Fsp3) is 0.833. The molecular weight excluding hydrogens is 268 g/mol. The van der Waals surface area contributed by atoms with Gasteiger partial charge in [0.2, 0.25) is 0 Å². The number of ether oxygens (including phenoxy) is 2. The molecule has 0 bridgehead atoms. The molecule has 0 heterocycles. The average Bonchev–Trinajstić information content (AvgIpc) is 2.38. The Morgan fingerprint density at radius 1 is 1.30 bits per heavy atom. The number of nitrogens with one attached hydrogen (secondary N) is 1. The highest BCUT2D eigenvalue weighted by Crippen LogP contribution is 2.03. The highest BCUT2D eigenvalue weighted by Gasteiger charge is 2.25. The zero-order chi connectivity index (χ0) is 15.5. The first-order valence-electron chi connectivity index (χ1n) is 6.36. The fourth-order valence-corrected chi connectivity index (χ4v) is 1.66. The molecular formula is C12H24N2O6. The molecule has 0 saturated heterocycles. The summed E-state index contributed by atoms with van der Waals surface area (Å²) in [6.07, 6.45) is -0.0438. The Labute approximate surface area is 118 Å². The highest BCUT2D eigenvalue weighted by molar-refractivity contribution is 5.82. The summed E-state index contributed by atoms with van der Waals surface area (Å²) in [5.74, 6) is -1.18. The summed E-state index contributed by atoms with van der Waals surface area (Å²) in [6, 6.07) is -1.86. The highest BCUT2D eigenvalue weighted by atomic mass is 16.5. The second-order valence-corrected chi connectivity index (χ2v) is 4.34. The molecule has 2 unspecified atom stereocenters. The third-order valence-corrected chi connectivity index (χ3v) is 2.75. The molecule has 0 rings (SSSR count). The molecule has 0 aliphatic rings. The number of rotatable bonds is 10. The summed E-state index contributed by atoms with van der Waals surface area (Å²) in [6.45, 7) is 2.45. The van der Waals surface area contributed by atoms with Crippen LogP contribution >= 0.6 is 0 Å². The van der Waals surface area contributed by atoms with Crippen molar-refractivity contribution in [2.75, 3.05) is 40.6 Å². The van der Waals surface area contributed by atoms with Crippen molar-refractivity contribution in [3.63, 3.8) is 0 Å². The van der Waals surface area contributed by atoms with Gasteiger partial charge in [0, 0.05) is 33.8 Å². The van der Waals surface area contributed by atoms with E-state index in [0.717, 1.165) is 0 Å². The van der Waals surface area contributed by atoms with Crippen molar-refractivity contribution in [1.82, 2.24) is 10.2 Å². The van der Waals surface area contributed by atoms with Crippen LogP contribution < -0.4 is 5.32 Å². The average molecular weight is 292 g/mol. The summed E-state index contributed by atoms with van der Waals surface area (Å²) < 4.78 is 9.93. The number of amides is 2. The standard InChI is InChI=1S/C12H24N2O6/c1-9(8-20-3)14(5-7-19-2)12(18)13-10(4-6-15)11(16)17/h9-10,15H,4-8H2,1-3H3,(H,13,18)(H,16,17). The lowest BCUT2D eigenvalue weighted by atomic mass is 10.2. The summed E-state index contributed by atoms with van der Waals surface area (Å²) >= 11 is 0. The van der Waals surface area contributed by atoms with Gasteiger partial charge in [0.25, 0.3) is 0 Å². The first kappa shape index (κ1) is 18.6. The molecule has 0 aromatic heterocycles. The Morgan fingerprint density at radius 2 is 1.95 bits per heavy atom. The van der Waals surface area contributed by atoms with Crippen molar-refractivity contribution in [2.45, 2.75) is 25.4 Å². The van der Waals surface area contributed by atoms with Gasteiger partial charge in [0.05, 0.1) is 19.3 Å². The molecule has 20 heavy (non-hydrogen) atoms. The van der Waals surface area contributed by atoms with Crippen LogP contribution in [0.1, 0.15) is 13.3 Å². The number of urea groups is 1. The monoisotopic (exact) mass is 292 g/mol. The van der Waals surface area contributed by atoms with Gasteiger partial charge >= 0.3 is 12.0 Å². The van der Waals surface area contributed by atoms with Crippen LogP contribution in [0.2, 0.25) is 0 Å². The fourth-order valence-electron chi connectivity index (χ4n) is 1.66. The van der Waals surface area contributed by atoms with Crippen LogP contribution in [-0.4, -0.2) is 79.8 Å². The van der Waals surface area contributed by atoms with Crippen LogP contribution in [0.15, 0.2) is 0 Å². The van der Waals surface area contributed by atoms with E-state index in [1.807, 2.05) is 0 Å². The predicted molar refractivity (Wildman–Crippen MR) is 71.6 cm³/mol. The largest absolute Gasteiger partial charge is 0.480 e. The van der Waals surface area contributed by atoms with Crippen LogP contribution in [0.4, 0.5) is 4.79 Å². The van der Waals surface area contributed by atoms with E-state index >= 15 is 0 Å². The van der Waals surface area contributed by atoms with Crippen LogP contribution in [0, 0.1) is 0 Å². The second kappa shape index (κ2) is 10.4. The summed E-state index contributed by atoms with van der Waals surface area (Å²) in [4.78, 5) is 24.5. The van der Waals surface area contributed by atoms with Crippen molar-refractivity contribution in [1.29, 1.82) is 0 Å². The van der Waals surface area contributed by atoms with Gasteiger partial charge in [0.1, 0.15) is 6.04 Å². The minimum absolute atomic E-state index is 0.0438. The quantitative estimate of drug-likeness (QED) is 0.501. The summed E-state index contributed by atoms with van der Waals surface area (Å²) in [7, 11) is 3.04. The van der Waals surface area contributed by atoms with Crippen molar-refractivity contribution < 1.29 is 29.3 Å². The number of methoxy groups -OCH3 is 2. The lowest BCUT2D eigenvalue weighted by Crippen LogP contribution is -2.52. The van der Waals surface area contributed by atoms with E-state index in [9.17, 15) is 9.59 Å². The first-order chi connectivity index (χ1) is 9.47. The molecule has 0 saturated carbocycles. The van der Waals surface area contributed by atoms with Gasteiger partial charge in [-0.3, -0.25) is 0 Å². The molecule has 3 N–H and O–H groups in total. The molecule has 118 valence electrons. The van der Waals surface area contributed by atoms with Crippen molar-refractivity contribution in [3.8, 4) is 0 Å². The number of hydrogen-bond donors (Lipinski definition) is 3. The number of carboxylic acid groups (broad SMARTS) is 1. The molecule has 0 aliphatic heterocycles. The number of carbonyl (C=O) groups is 2. The minimum Gasteiger partial charge on any atom is -0.480 e. The molecule has 8 nitrogen and oxygen atoms in total. The third kappa shape index (κ3) is 6.69. The zero-order valence-corrected chi connectivity index (χ0v) is 12.2. The van der Waals surface area contributed by atoms with E-state index in [1.54, 1.807) is 6.92 Å². The first-order valence-corrected chi connectivity index (χ1v) is 6.36. The number of nitrogens with zero attached hydrogens (tertiary/aromatic N) is 1. The number of aliphatic hydroxyl groups excluding tert-OH is 1. The maximum atomic E-state index is 12.1. The molecule has 0 spiro atoms. The molecule has 8 heteroatoms. The lowest BCUT2D eigenvalue weighted by Gasteiger charge is -2.30. The summed E-state index contributed by atoms with van der Waals surface area (Å²) in [5, 5.41) is 20.1. The van der Waals surface area contributed by atoms with E-state index in [1.165, 1.54) is 19.1 Å². The molecule has 0 radical (unpaired) electrons. The molecule has 0 aromatic rings. The van der Waals surface area contributed by atoms with Gasteiger partial charge in [-0.05, 0) is 6.92 Å². The van der Waals surface area contributed by atoms with Gasteiger partial charge in [0.15, 0.2) is 0 Å². The molecule has 2 atom stereocenters. The Hall–Kier alpha value is -1.38. The molecule has 0 aliphatic carbocycles. The second-order valence-electron chi connectivity index (χ2n) is 4.34. The summed E-state index contributed by atoms with van der Waals surface area (Å²) in [5.41, 5.74) is 0. The van der Waals surface area contributed by atoms with Crippen LogP contribution in [-0.2, 0) is 14.3 Å². The predicted octanol–water partition coefficient (Wildman–Crippen LogP) is -0.485. The van der Waals surface area contributed by atoms with E-state index in [0.29, 0.717) is 19.8 Å². The normalized spacial score (nSPS) is 13.6. The Morgan fingerprint density at radius 3 is 2.40 bits per heavy atom. The van der Waals surface area contributed by atoms with Gasteiger partial charge < -0.3 is 29.9 Å². The van der Waals surface area contributed by atoms with Crippen molar-refractivity contribution in [3.05, 3.63) is 0 Å². The molecule has 2 amide bonds. The number of aliphatic hydroxyl groups is 1. The van der Waals surface area contributed by atoms with Gasteiger partial charge in [-0.15, -0.1) is 0 Å². The smallest absolute Gasteiger partial charge is 0.326 e. The number of carbonyl (C=O) groups excluding carboxylic acids is 1. The molecule has 0 fully saturated rings. The number of aliphatic carboxylic acids is 1. The number of hydrogen-bond acceptors (Lipinski definition) is 5. The van der Waals surface area contributed by atoms with Crippen LogP contribution in [0.25, 0.3) is 0 Å². The maximum absolute atomic E-state index is 12.1. The Balaban J connectivity index is 4.69. The Bertz CT molecular complexity index is 300. The van der Waals surface area contributed by atoms with E-state index in [4.69, 9.17) is 19.7 Å². The van der Waals surface area contributed by atoms with Gasteiger partial charge in [-0.25, -0.2) is 9.59 Å².